The monoisotopic (exact) mass is 443 g/mol. The fourth-order valence-electron chi connectivity index (χ4n) is 3.42. The average Bonchev–Trinajstić information content (AvgIpc) is 3.26. The van der Waals surface area contributed by atoms with Crippen LogP contribution in [-0.4, -0.2) is 28.1 Å². The minimum Gasteiger partial charge on any atom is -0.507 e. The predicted molar refractivity (Wildman–Crippen MR) is 127 cm³/mol. The minimum atomic E-state index is -0.149. The maximum Gasteiger partial charge on any atom is 0.233 e. The molecule has 7 nitrogen and oxygen atoms in total. The van der Waals surface area contributed by atoms with Crippen LogP contribution in [0.15, 0.2) is 71.4 Å². The van der Waals surface area contributed by atoms with Crippen LogP contribution < -0.4 is 10.1 Å². The van der Waals surface area contributed by atoms with Crippen LogP contribution in [0.5, 0.6) is 11.5 Å². The number of nitrogens with one attached hydrogen (secondary N) is 1. The number of carbonyl (C=O) groups is 1. The van der Waals surface area contributed by atoms with Crippen LogP contribution >= 0.6 is 0 Å². The lowest BCUT2D eigenvalue weighted by Crippen LogP contribution is -2.11. The molecule has 2 N–H and O–H groups in total. The number of unbranched alkanes of at least 4 members (excludes halogenated alkanes) is 1. The molecular formula is C26H25N3O4. The molecule has 0 atom stereocenters. The fourth-order valence-corrected chi connectivity index (χ4v) is 3.42. The molecule has 1 amide bonds. The number of pyridine rings is 1. The number of oxazole rings is 1. The van der Waals surface area contributed by atoms with Gasteiger partial charge in [-0.25, -0.2) is 4.98 Å². The molecule has 4 aromatic rings. The Morgan fingerprint density at radius 1 is 1.09 bits per heavy atom. The second kappa shape index (κ2) is 9.99. The number of benzene rings is 2. The molecule has 0 spiro atoms. The molecule has 0 aliphatic heterocycles. The van der Waals surface area contributed by atoms with Gasteiger partial charge in [0.15, 0.2) is 0 Å². The molecule has 4 rings (SSSR count). The first-order valence-electron chi connectivity index (χ1n) is 10.8. The average molecular weight is 444 g/mol. The van der Waals surface area contributed by atoms with E-state index in [-0.39, 0.29) is 23.4 Å². The highest BCUT2D eigenvalue weighted by atomic mass is 16.5. The molecule has 2 aromatic carbocycles. The number of hydrogen-bond donors (Lipinski definition) is 2. The van der Waals surface area contributed by atoms with E-state index in [1.165, 1.54) is 0 Å². The van der Waals surface area contributed by atoms with E-state index >= 15 is 0 Å². The Hall–Kier alpha value is -4.13. The number of ether oxygens (including phenoxy) is 1. The number of amides is 1. The third kappa shape index (κ3) is 5.03. The van der Waals surface area contributed by atoms with E-state index in [4.69, 9.17) is 9.15 Å². The highest BCUT2D eigenvalue weighted by Crippen LogP contribution is 2.38. The largest absolute Gasteiger partial charge is 0.507 e. The van der Waals surface area contributed by atoms with Gasteiger partial charge in [0.05, 0.1) is 12.7 Å². The van der Waals surface area contributed by atoms with Gasteiger partial charge in [0.1, 0.15) is 17.2 Å². The lowest BCUT2D eigenvalue weighted by atomic mass is 10.0. The smallest absolute Gasteiger partial charge is 0.233 e. The summed E-state index contributed by atoms with van der Waals surface area (Å²) in [4.78, 5) is 21.0. The summed E-state index contributed by atoms with van der Waals surface area (Å²) >= 11 is 0. The molecule has 2 aromatic heterocycles. The van der Waals surface area contributed by atoms with Crippen molar-refractivity contribution >= 4 is 11.8 Å². The van der Waals surface area contributed by atoms with Crippen molar-refractivity contribution < 1.29 is 19.1 Å². The van der Waals surface area contributed by atoms with Crippen LogP contribution in [0.2, 0.25) is 0 Å². The molecule has 168 valence electrons. The second-order valence-corrected chi connectivity index (χ2v) is 7.55. The van der Waals surface area contributed by atoms with Crippen LogP contribution in [0.4, 0.5) is 5.88 Å². The van der Waals surface area contributed by atoms with Gasteiger partial charge in [-0.05, 0) is 53.9 Å². The highest BCUT2D eigenvalue weighted by Gasteiger charge is 2.20. The molecular weight excluding hydrogens is 418 g/mol. The Morgan fingerprint density at radius 2 is 1.88 bits per heavy atom. The quantitative estimate of drug-likeness (QED) is 0.351. The zero-order valence-corrected chi connectivity index (χ0v) is 18.5. The molecule has 0 aliphatic carbocycles. The van der Waals surface area contributed by atoms with Gasteiger partial charge in [-0.2, -0.15) is 0 Å². The van der Waals surface area contributed by atoms with Crippen molar-refractivity contribution in [3.05, 3.63) is 67.0 Å². The lowest BCUT2D eigenvalue weighted by molar-refractivity contribution is -0.116. The van der Waals surface area contributed by atoms with Gasteiger partial charge in [-0.1, -0.05) is 31.5 Å². The molecule has 0 saturated carbocycles. The molecule has 0 unspecified atom stereocenters. The van der Waals surface area contributed by atoms with Gasteiger partial charge in [0.2, 0.25) is 17.7 Å². The number of rotatable bonds is 8. The number of hydrogen-bond acceptors (Lipinski definition) is 6. The Kier molecular flexibility index (Phi) is 6.69. The first kappa shape index (κ1) is 22.1. The maximum absolute atomic E-state index is 12.3. The van der Waals surface area contributed by atoms with Crippen molar-refractivity contribution in [2.45, 2.75) is 26.2 Å². The van der Waals surface area contributed by atoms with E-state index < -0.39 is 0 Å². The summed E-state index contributed by atoms with van der Waals surface area (Å²) in [5.74, 6) is 1.07. The Morgan fingerprint density at radius 3 is 2.55 bits per heavy atom. The number of aromatic nitrogens is 2. The van der Waals surface area contributed by atoms with Crippen LogP contribution in [0, 0.1) is 0 Å². The van der Waals surface area contributed by atoms with E-state index in [1.807, 2.05) is 43.3 Å². The van der Waals surface area contributed by atoms with Crippen molar-refractivity contribution in [3.8, 4) is 45.3 Å². The number of nitrogens with zero attached hydrogens (tertiary/aromatic N) is 2. The predicted octanol–water partition coefficient (Wildman–Crippen LogP) is 5.91. The number of phenolic OH excluding ortho intramolecular Hbond substituents is 1. The third-order valence-corrected chi connectivity index (χ3v) is 5.22. The van der Waals surface area contributed by atoms with Gasteiger partial charge >= 0.3 is 0 Å². The molecule has 2 heterocycles. The topological polar surface area (TPSA) is 97.5 Å². The third-order valence-electron chi connectivity index (χ3n) is 5.22. The Bertz CT molecular complexity index is 1230. The van der Waals surface area contributed by atoms with Gasteiger partial charge in [-0.3, -0.25) is 15.1 Å². The summed E-state index contributed by atoms with van der Waals surface area (Å²) in [6, 6.07) is 16.5. The van der Waals surface area contributed by atoms with Crippen molar-refractivity contribution in [2.75, 3.05) is 12.4 Å². The van der Waals surface area contributed by atoms with Gasteiger partial charge in [0, 0.05) is 24.4 Å². The molecule has 0 saturated heterocycles. The van der Waals surface area contributed by atoms with E-state index in [1.54, 1.807) is 37.7 Å². The highest BCUT2D eigenvalue weighted by molar-refractivity contribution is 5.93. The molecule has 0 bridgehead atoms. The van der Waals surface area contributed by atoms with Crippen LogP contribution in [-0.2, 0) is 4.79 Å². The number of phenols is 1. The zero-order valence-electron chi connectivity index (χ0n) is 18.5. The van der Waals surface area contributed by atoms with Gasteiger partial charge < -0.3 is 14.3 Å². The van der Waals surface area contributed by atoms with E-state index in [0.717, 1.165) is 29.7 Å². The Labute approximate surface area is 192 Å². The minimum absolute atomic E-state index is 0.0196. The summed E-state index contributed by atoms with van der Waals surface area (Å²) in [6.45, 7) is 2.03. The van der Waals surface area contributed by atoms with Crippen LogP contribution in [0.3, 0.4) is 0 Å². The van der Waals surface area contributed by atoms with Crippen LogP contribution in [0.1, 0.15) is 26.2 Å². The molecule has 0 aliphatic rings. The van der Waals surface area contributed by atoms with Crippen molar-refractivity contribution in [3.63, 3.8) is 0 Å². The summed E-state index contributed by atoms with van der Waals surface area (Å²) in [5.41, 5.74) is 3.36. The second-order valence-electron chi connectivity index (χ2n) is 7.55. The van der Waals surface area contributed by atoms with Gasteiger partial charge in [-0.15, -0.1) is 0 Å². The summed E-state index contributed by atoms with van der Waals surface area (Å²) < 4.78 is 11.1. The summed E-state index contributed by atoms with van der Waals surface area (Å²) in [6.07, 6.45) is 5.39. The van der Waals surface area contributed by atoms with Crippen LogP contribution in [0.25, 0.3) is 33.8 Å². The van der Waals surface area contributed by atoms with Gasteiger partial charge in [0.25, 0.3) is 0 Å². The number of anilines is 1. The normalized spacial score (nSPS) is 10.7. The van der Waals surface area contributed by atoms with E-state index in [9.17, 15) is 9.90 Å². The van der Waals surface area contributed by atoms with E-state index in [2.05, 4.69) is 15.3 Å². The zero-order chi connectivity index (χ0) is 23.2. The fraction of sp³-hybridized carbons (Fsp3) is 0.192. The number of carbonyl (C=O) groups excluding carboxylic acids is 1. The summed E-state index contributed by atoms with van der Waals surface area (Å²) in [7, 11) is 1.62. The maximum atomic E-state index is 12.3. The lowest BCUT2D eigenvalue weighted by Gasteiger charge is -2.06. The van der Waals surface area contributed by atoms with Crippen molar-refractivity contribution in [2.24, 2.45) is 0 Å². The Balaban J connectivity index is 1.68. The van der Waals surface area contributed by atoms with E-state index in [0.29, 0.717) is 23.2 Å². The van der Waals surface area contributed by atoms with Crippen molar-refractivity contribution in [1.29, 1.82) is 0 Å². The number of aromatic hydroxyl groups is 1. The molecule has 33 heavy (non-hydrogen) atoms. The first-order valence-corrected chi connectivity index (χ1v) is 10.8. The standard InChI is InChI=1S/C26H25N3O4/c1-3-4-7-23(31)28-26-24(19-6-5-14-27-16-19)29-25(33-26)21-13-10-18(15-22(21)30)17-8-11-20(32-2)12-9-17/h5-6,8-16,30H,3-4,7H2,1-2H3,(H,28,31). The molecule has 0 fully saturated rings. The molecule has 0 radical (unpaired) electrons. The summed E-state index contributed by atoms with van der Waals surface area (Å²) in [5, 5.41) is 13.6. The first-order chi connectivity index (χ1) is 16.1. The number of methoxy groups -OCH3 is 1. The van der Waals surface area contributed by atoms with Crippen molar-refractivity contribution in [1.82, 2.24) is 9.97 Å². The molecule has 7 heteroatoms. The SMILES string of the molecule is CCCCC(=O)Nc1oc(-c2ccc(-c3ccc(OC)cc3)cc2O)nc1-c1cccnc1.